The van der Waals surface area contributed by atoms with Crippen LogP contribution in [0.2, 0.25) is 0 Å². The molecule has 9 nitrogen and oxygen atoms in total. The third kappa shape index (κ3) is 11.5. The highest BCUT2D eigenvalue weighted by atomic mass is 15.0. The fraction of sp³-hybridized carbons (Fsp3) is 0. The molecule has 0 spiro atoms. The Balaban J connectivity index is 0.595. The van der Waals surface area contributed by atoms with Crippen molar-refractivity contribution in [2.75, 3.05) is 0 Å². The van der Waals surface area contributed by atoms with Crippen LogP contribution in [0.4, 0.5) is 0 Å². The van der Waals surface area contributed by atoms with Crippen molar-refractivity contribution in [3.8, 4) is 119 Å². The average Bonchev–Trinajstić information content (AvgIpc) is 1.57. The van der Waals surface area contributed by atoms with E-state index in [1.165, 1.54) is 103 Å². The maximum atomic E-state index is 9.99. The molecule has 19 aromatic carbocycles. The molecular formula is C119H73N9. The minimum Gasteiger partial charge on any atom is -0.309 e. The minimum absolute atomic E-state index is 0.560. The van der Waals surface area contributed by atoms with E-state index in [1.54, 1.807) is 0 Å². The van der Waals surface area contributed by atoms with Gasteiger partial charge in [-0.15, -0.1) is 0 Å². The number of fused-ring (bicyclic) bond motifs is 18. The minimum atomic E-state index is 0.560. The van der Waals surface area contributed by atoms with Gasteiger partial charge in [0.25, 0.3) is 0 Å². The Morgan fingerprint density at radius 1 is 0.156 bits per heavy atom. The third-order valence-electron chi connectivity index (χ3n) is 26.4. The lowest BCUT2D eigenvalue weighted by Gasteiger charge is -2.16. The number of para-hydroxylation sites is 9. The van der Waals surface area contributed by atoms with Crippen molar-refractivity contribution in [2.24, 2.45) is 0 Å². The molecule has 0 fully saturated rings. The zero-order valence-corrected chi connectivity index (χ0v) is 69.2. The first-order chi connectivity index (χ1) is 63.4. The molecule has 0 amide bonds. The van der Waals surface area contributed by atoms with Gasteiger partial charge in [-0.25, -0.2) is 9.97 Å². The lowest BCUT2D eigenvalue weighted by molar-refractivity contribution is 1.13. The average molecular weight is 1630 g/mol. The van der Waals surface area contributed by atoms with Crippen LogP contribution in [-0.2, 0) is 0 Å². The van der Waals surface area contributed by atoms with Gasteiger partial charge < -0.3 is 27.4 Å². The van der Waals surface area contributed by atoms with Crippen molar-refractivity contribution in [1.29, 1.82) is 5.26 Å². The summed E-state index contributed by atoms with van der Waals surface area (Å²) in [6.07, 6.45) is 0. The predicted octanol–water partition coefficient (Wildman–Crippen LogP) is 30.6. The van der Waals surface area contributed by atoms with Crippen LogP contribution in [0.3, 0.4) is 0 Å². The molecule has 0 radical (unpaired) electrons. The summed E-state index contributed by atoms with van der Waals surface area (Å²) in [5, 5.41) is 24.4. The molecule has 7 aromatic heterocycles. The molecule has 0 unspecified atom stereocenters. The molecule has 0 bridgehead atoms. The Kier molecular flexibility index (Phi) is 16.3. The van der Waals surface area contributed by atoms with E-state index in [9.17, 15) is 5.26 Å². The summed E-state index contributed by atoms with van der Waals surface area (Å²) in [5.74, 6) is 0.560. The Bertz CT molecular complexity index is 8820. The van der Waals surface area contributed by atoms with Crippen LogP contribution in [0.1, 0.15) is 5.56 Å². The largest absolute Gasteiger partial charge is 0.309 e. The molecule has 7 heterocycles. The molecule has 0 saturated carbocycles. The molecular weight excluding hydrogens is 1560 g/mol. The van der Waals surface area contributed by atoms with Gasteiger partial charge in [0.15, 0.2) is 5.82 Å². The first-order valence-corrected chi connectivity index (χ1v) is 43.5. The summed E-state index contributed by atoms with van der Waals surface area (Å²) in [4.78, 5) is 10.7. The highest BCUT2D eigenvalue weighted by Gasteiger charge is 2.25. The van der Waals surface area contributed by atoms with E-state index in [2.05, 4.69) is 452 Å². The molecule has 0 N–H and O–H groups in total. The van der Waals surface area contributed by atoms with Gasteiger partial charge in [-0.2, -0.15) is 5.26 Å². The summed E-state index contributed by atoms with van der Waals surface area (Å²) < 4.78 is 14.4. The van der Waals surface area contributed by atoms with Crippen LogP contribution in [0, 0.1) is 11.3 Å². The van der Waals surface area contributed by atoms with Crippen molar-refractivity contribution in [2.45, 2.75) is 0 Å². The van der Waals surface area contributed by atoms with Crippen LogP contribution < -0.4 is 0 Å². The van der Waals surface area contributed by atoms with Crippen LogP contribution in [0.25, 0.3) is 243 Å². The number of benzene rings is 19. The lowest BCUT2D eigenvalue weighted by atomic mass is 10.00. The van der Waals surface area contributed by atoms with Crippen molar-refractivity contribution >= 4 is 131 Å². The summed E-state index contributed by atoms with van der Waals surface area (Å²) in [6.45, 7) is 0. The van der Waals surface area contributed by atoms with E-state index in [0.29, 0.717) is 11.4 Å². The second-order valence-electron chi connectivity index (χ2n) is 33.5. The fourth-order valence-corrected chi connectivity index (χ4v) is 20.5. The van der Waals surface area contributed by atoms with Gasteiger partial charge in [-0.05, 0) is 251 Å². The quantitative estimate of drug-likeness (QED) is 0.115. The molecule has 0 aliphatic carbocycles. The molecule has 9 heteroatoms. The lowest BCUT2D eigenvalue weighted by Crippen LogP contribution is -2.00. The molecule has 26 aromatic rings. The highest BCUT2D eigenvalue weighted by molar-refractivity contribution is 6.17. The maximum absolute atomic E-state index is 9.99. The normalized spacial score (nSPS) is 11.9. The third-order valence-corrected chi connectivity index (χ3v) is 26.4. The smallest absolute Gasteiger partial charge is 0.160 e. The van der Waals surface area contributed by atoms with Gasteiger partial charge in [0.05, 0.1) is 89.2 Å². The Morgan fingerprint density at radius 3 is 0.672 bits per heavy atom. The van der Waals surface area contributed by atoms with E-state index < -0.39 is 0 Å². The van der Waals surface area contributed by atoms with Gasteiger partial charge in [0, 0.05) is 115 Å². The summed E-state index contributed by atoms with van der Waals surface area (Å²) in [5.41, 5.74) is 34.1. The van der Waals surface area contributed by atoms with E-state index in [1.807, 2.05) is 24.3 Å². The molecule has 0 saturated heterocycles. The van der Waals surface area contributed by atoms with Crippen molar-refractivity contribution in [1.82, 2.24) is 37.4 Å². The van der Waals surface area contributed by atoms with E-state index in [0.717, 1.165) is 134 Å². The Morgan fingerprint density at radius 2 is 0.383 bits per heavy atom. The molecule has 26 rings (SSSR count). The standard InChI is InChI=1S/C119H73N9/c120-74-75-40-42-79(43-41-75)119-121-105(73-106(122-119)78-48-56-90(57-49-78)126-110-37-19-13-31-96(110)102-69-83(53-61-116(102)126)80-50-58-113-99(66-80)93-28-10-16-34-107(93)123(113)87-22-4-1-5-23-87)77-46-44-76(45-47-77)86-64-91(127-111-38-20-14-32-97(111)103-70-84(54-62-117(103)127)81-51-59-114-100(67-81)94-29-11-17-35-108(94)124(114)88-24-6-2-7-25-88)72-92(65-86)128-112-39-21-15-33-98(112)104-71-85(55-63-118(104)128)82-52-60-115-101(68-82)95-30-12-18-36-109(95)125(115)89-26-8-3-9-27-89/h1-73H. The Hall–Kier alpha value is -17.5. The number of aromatic nitrogens is 8. The molecule has 594 valence electrons. The van der Waals surface area contributed by atoms with E-state index >= 15 is 0 Å². The number of hydrogen-bond acceptors (Lipinski definition) is 3. The van der Waals surface area contributed by atoms with Crippen LogP contribution in [0.5, 0.6) is 0 Å². The van der Waals surface area contributed by atoms with Gasteiger partial charge in [0.1, 0.15) is 0 Å². The van der Waals surface area contributed by atoms with Crippen molar-refractivity contribution in [3.05, 3.63) is 448 Å². The maximum Gasteiger partial charge on any atom is 0.160 e. The second-order valence-corrected chi connectivity index (χ2v) is 33.5. The Labute approximate surface area is 735 Å². The van der Waals surface area contributed by atoms with E-state index in [4.69, 9.17) is 9.97 Å². The number of nitrogens with zero attached hydrogens (tertiary/aromatic N) is 9. The first-order valence-electron chi connectivity index (χ1n) is 43.5. The van der Waals surface area contributed by atoms with Crippen LogP contribution in [0.15, 0.2) is 443 Å². The number of hydrogen-bond donors (Lipinski definition) is 0. The monoisotopic (exact) mass is 1630 g/mol. The topological polar surface area (TPSA) is 79.1 Å². The SMILES string of the molecule is N#Cc1ccc(-c2nc(-c3ccc(-c4cc(-n5c6ccccc6c6cc(-c7ccc8c(c7)c7ccccc7n8-c7ccccc7)ccc65)cc(-n5c6ccccc6c6cc(-c7ccc8c(c7)c7ccccc7n8-c7ccccc7)ccc65)c4)cc3)cc(-c3ccc(-n4c5ccccc5c5cc(-c6ccc7c(c6)c6ccccc6n7-c6ccccc6)ccc54)cc3)n2)cc1. The summed E-state index contributed by atoms with van der Waals surface area (Å²) >= 11 is 0. The molecule has 128 heavy (non-hydrogen) atoms. The molecule has 0 atom stereocenters. The number of nitriles is 1. The number of rotatable bonds is 13. The van der Waals surface area contributed by atoms with Gasteiger partial charge >= 0.3 is 0 Å². The van der Waals surface area contributed by atoms with E-state index in [-0.39, 0.29) is 0 Å². The first kappa shape index (κ1) is 72.2. The van der Waals surface area contributed by atoms with Crippen molar-refractivity contribution in [3.63, 3.8) is 0 Å². The van der Waals surface area contributed by atoms with Crippen LogP contribution in [-0.4, -0.2) is 37.4 Å². The van der Waals surface area contributed by atoms with Gasteiger partial charge in [-0.1, -0.05) is 237 Å². The molecule has 0 aliphatic heterocycles. The van der Waals surface area contributed by atoms with Crippen LogP contribution >= 0.6 is 0 Å². The zero-order chi connectivity index (χ0) is 84.2. The van der Waals surface area contributed by atoms with Gasteiger partial charge in [-0.3, -0.25) is 0 Å². The summed E-state index contributed by atoms with van der Waals surface area (Å²) in [6, 6.07) is 163. The second kappa shape index (κ2) is 28.8. The zero-order valence-electron chi connectivity index (χ0n) is 69.2. The summed E-state index contributed by atoms with van der Waals surface area (Å²) in [7, 11) is 0. The fourth-order valence-electron chi connectivity index (χ4n) is 20.5. The van der Waals surface area contributed by atoms with Crippen molar-refractivity contribution < 1.29 is 0 Å². The predicted molar refractivity (Wildman–Crippen MR) is 531 cm³/mol. The highest BCUT2D eigenvalue weighted by Crippen LogP contribution is 2.46. The molecule has 0 aliphatic rings. The van der Waals surface area contributed by atoms with Gasteiger partial charge in [0.2, 0.25) is 0 Å².